The predicted octanol–water partition coefficient (Wildman–Crippen LogP) is 0.333. The third-order valence-electron chi connectivity index (χ3n) is 3.32. The smallest absolute Gasteiger partial charge is 0.254 e. The van der Waals surface area contributed by atoms with Gasteiger partial charge in [0.2, 0.25) is 5.95 Å². The lowest BCUT2D eigenvalue weighted by molar-refractivity contribution is 0.100. The molecule has 2 rings (SSSR count). The Labute approximate surface area is 111 Å². The van der Waals surface area contributed by atoms with Gasteiger partial charge in [-0.2, -0.15) is 4.98 Å². The zero-order valence-corrected chi connectivity index (χ0v) is 10.9. The summed E-state index contributed by atoms with van der Waals surface area (Å²) in [5.74, 6) is 0.327. The third-order valence-corrected chi connectivity index (χ3v) is 3.32. The van der Waals surface area contributed by atoms with Gasteiger partial charge in [-0.15, -0.1) is 0 Å². The molecular formula is C12H19N5O2. The number of carbonyl (C=O) groups is 1. The highest BCUT2D eigenvalue weighted by molar-refractivity contribution is 5.97. The quantitative estimate of drug-likeness (QED) is 0.624. The summed E-state index contributed by atoms with van der Waals surface area (Å²) >= 11 is 0. The number of hydrogen-bond donors (Lipinski definition) is 4. The monoisotopic (exact) mass is 265 g/mol. The lowest BCUT2D eigenvalue weighted by atomic mass is 9.93. The van der Waals surface area contributed by atoms with Gasteiger partial charge in [-0.05, 0) is 25.7 Å². The zero-order valence-electron chi connectivity index (χ0n) is 10.9. The summed E-state index contributed by atoms with van der Waals surface area (Å²) in [6.45, 7) is 0. The SMILES string of the molecule is CNc1nc(N[C@H]2CC[C@H](O)CC2)ncc1C(N)=O. The fourth-order valence-electron chi connectivity index (χ4n) is 2.22. The van der Waals surface area contributed by atoms with E-state index in [1.54, 1.807) is 7.05 Å². The number of aromatic nitrogens is 2. The molecule has 1 heterocycles. The second-order valence-corrected chi connectivity index (χ2v) is 4.72. The molecule has 0 atom stereocenters. The first-order valence-corrected chi connectivity index (χ1v) is 6.39. The van der Waals surface area contributed by atoms with Crippen LogP contribution in [0.2, 0.25) is 0 Å². The number of primary amides is 1. The molecule has 0 aliphatic heterocycles. The van der Waals surface area contributed by atoms with E-state index in [9.17, 15) is 9.90 Å². The van der Waals surface area contributed by atoms with Crippen molar-refractivity contribution in [3.8, 4) is 0 Å². The van der Waals surface area contributed by atoms with Crippen LogP contribution in [0.4, 0.5) is 11.8 Å². The Hall–Kier alpha value is -1.89. The number of nitrogens with two attached hydrogens (primary N) is 1. The minimum atomic E-state index is -0.559. The van der Waals surface area contributed by atoms with Crippen molar-refractivity contribution in [3.63, 3.8) is 0 Å². The van der Waals surface area contributed by atoms with E-state index in [2.05, 4.69) is 20.6 Å². The number of aliphatic hydroxyl groups is 1. The van der Waals surface area contributed by atoms with Gasteiger partial charge in [-0.25, -0.2) is 4.98 Å². The van der Waals surface area contributed by atoms with Crippen LogP contribution in [0, 0.1) is 0 Å². The van der Waals surface area contributed by atoms with Gasteiger partial charge >= 0.3 is 0 Å². The Morgan fingerprint density at radius 2 is 2.11 bits per heavy atom. The van der Waals surface area contributed by atoms with Crippen molar-refractivity contribution in [1.29, 1.82) is 0 Å². The average molecular weight is 265 g/mol. The van der Waals surface area contributed by atoms with E-state index in [-0.39, 0.29) is 17.7 Å². The van der Waals surface area contributed by atoms with E-state index < -0.39 is 5.91 Å². The van der Waals surface area contributed by atoms with Crippen molar-refractivity contribution in [2.75, 3.05) is 17.7 Å². The number of carbonyl (C=O) groups excluding carboxylic acids is 1. The molecule has 7 nitrogen and oxygen atoms in total. The highest BCUT2D eigenvalue weighted by Crippen LogP contribution is 2.21. The molecule has 0 bridgehead atoms. The Balaban J connectivity index is 2.07. The molecule has 104 valence electrons. The number of rotatable bonds is 4. The van der Waals surface area contributed by atoms with E-state index in [1.165, 1.54) is 6.20 Å². The van der Waals surface area contributed by atoms with Crippen LogP contribution in [-0.2, 0) is 0 Å². The van der Waals surface area contributed by atoms with Crippen molar-refractivity contribution >= 4 is 17.7 Å². The molecule has 0 aromatic carbocycles. The van der Waals surface area contributed by atoms with Gasteiger partial charge in [-0.1, -0.05) is 0 Å². The molecule has 7 heteroatoms. The van der Waals surface area contributed by atoms with E-state index in [1.807, 2.05) is 0 Å². The Morgan fingerprint density at radius 3 is 2.68 bits per heavy atom. The summed E-state index contributed by atoms with van der Waals surface area (Å²) in [7, 11) is 1.68. The molecular weight excluding hydrogens is 246 g/mol. The lowest BCUT2D eigenvalue weighted by Crippen LogP contribution is -2.29. The summed E-state index contributed by atoms with van der Waals surface area (Å²) in [5.41, 5.74) is 5.50. The second kappa shape index (κ2) is 5.83. The van der Waals surface area contributed by atoms with Gasteiger partial charge in [0.25, 0.3) is 5.91 Å². The fraction of sp³-hybridized carbons (Fsp3) is 0.583. The van der Waals surface area contributed by atoms with Crippen molar-refractivity contribution in [2.45, 2.75) is 37.8 Å². The summed E-state index contributed by atoms with van der Waals surface area (Å²) in [4.78, 5) is 19.5. The lowest BCUT2D eigenvalue weighted by Gasteiger charge is -2.26. The molecule has 0 radical (unpaired) electrons. The number of hydrogen-bond acceptors (Lipinski definition) is 6. The van der Waals surface area contributed by atoms with Crippen molar-refractivity contribution in [3.05, 3.63) is 11.8 Å². The van der Waals surface area contributed by atoms with Crippen LogP contribution in [0.5, 0.6) is 0 Å². The summed E-state index contributed by atoms with van der Waals surface area (Å²) in [6, 6.07) is 0.257. The highest BCUT2D eigenvalue weighted by Gasteiger charge is 2.20. The summed E-state index contributed by atoms with van der Waals surface area (Å²) in [5, 5.41) is 15.5. The summed E-state index contributed by atoms with van der Waals surface area (Å²) < 4.78 is 0. The van der Waals surface area contributed by atoms with E-state index in [4.69, 9.17) is 5.73 Å². The standard InChI is InChI=1S/C12H19N5O2/c1-14-11-9(10(13)19)6-15-12(17-11)16-7-2-4-8(18)5-3-7/h6-8,18H,2-5H2,1H3,(H2,13,19)(H2,14,15,16,17)/t7-,8-. The number of aliphatic hydroxyl groups excluding tert-OH is 1. The average Bonchev–Trinajstić information content (AvgIpc) is 2.41. The minimum absolute atomic E-state index is 0.191. The minimum Gasteiger partial charge on any atom is -0.393 e. The van der Waals surface area contributed by atoms with Gasteiger partial charge in [0.15, 0.2) is 0 Å². The maximum atomic E-state index is 11.2. The molecule has 1 aromatic heterocycles. The number of anilines is 2. The molecule has 0 saturated heterocycles. The Bertz CT molecular complexity index is 457. The third kappa shape index (κ3) is 3.31. The first-order chi connectivity index (χ1) is 9.10. The van der Waals surface area contributed by atoms with E-state index in [0.29, 0.717) is 11.8 Å². The molecule has 19 heavy (non-hydrogen) atoms. The summed E-state index contributed by atoms with van der Waals surface area (Å²) in [6.07, 6.45) is 4.57. The predicted molar refractivity (Wildman–Crippen MR) is 72.0 cm³/mol. The molecule has 0 spiro atoms. The topological polar surface area (TPSA) is 113 Å². The largest absolute Gasteiger partial charge is 0.393 e. The van der Waals surface area contributed by atoms with Crippen LogP contribution in [0.1, 0.15) is 36.0 Å². The highest BCUT2D eigenvalue weighted by atomic mass is 16.3. The van der Waals surface area contributed by atoms with Crippen LogP contribution < -0.4 is 16.4 Å². The van der Waals surface area contributed by atoms with Gasteiger partial charge in [-0.3, -0.25) is 4.79 Å². The van der Waals surface area contributed by atoms with E-state index in [0.717, 1.165) is 25.7 Å². The Kier molecular flexibility index (Phi) is 4.16. The first kappa shape index (κ1) is 13.5. The normalized spacial score (nSPS) is 22.8. The van der Waals surface area contributed by atoms with Crippen LogP contribution in [0.25, 0.3) is 0 Å². The van der Waals surface area contributed by atoms with Crippen molar-refractivity contribution < 1.29 is 9.90 Å². The fourth-order valence-corrected chi connectivity index (χ4v) is 2.22. The van der Waals surface area contributed by atoms with Crippen LogP contribution in [0.3, 0.4) is 0 Å². The molecule has 1 aromatic rings. The van der Waals surface area contributed by atoms with Gasteiger partial charge in [0, 0.05) is 19.3 Å². The van der Waals surface area contributed by atoms with Gasteiger partial charge in [0.05, 0.1) is 11.7 Å². The second-order valence-electron chi connectivity index (χ2n) is 4.72. The maximum Gasteiger partial charge on any atom is 0.254 e. The number of nitrogens with one attached hydrogen (secondary N) is 2. The van der Waals surface area contributed by atoms with Gasteiger partial charge < -0.3 is 21.5 Å². The molecule has 5 N–H and O–H groups in total. The van der Waals surface area contributed by atoms with Crippen molar-refractivity contribution in [1.82, 2.24) is 9.97 Å². The molecule has 1 fully saturated rings. The number of nitrogens with zero attached hydrogens (tertiary/aromatic N) is 2. The number of amides is 1. The zero-order chi connectivity index (χ0) is 13.8. The molecule has 1 amide bonds. The van der Waals surface area contributed by atoms with E-state index >= 15 is 0 Å². The molecule has 1 aliphatic rings. The molecule has 0 unspecified atom stereocenters. The van der Waals surface area contributed by atoms with Gasteiger partial charge in [0.1, 0.15) is 5.82 Å². The van der Waals surface area contributed by atoms with Crippen LogP contribution >= 0.6 is 0 Å². The molecule has 1 aliphatic carbocycles. The first-order valence-electron chi connectivity index (χ1n) is 6.39. The maximum absolute atomic E-state index is 11.2. The van der Waals surface area contributed by atoms with Crippen molar-refractivity contribution in [2.24, 2.45) is 5.73 Å². The van der Waals surface area contributed by atoms with Crippen LogP contribution in [-0.4, -0.2) is 40.2 Å². The van der Waals surface area contributed by atoms with Crippen LogP contribution in [0.15, 0.2) is 6.20 Å². The molecule has 1 saturated carbocycles. The Morgan fingerprint density at radius 1 is 1.42 bits per heavy atom.